The molecule has 1 unspecified atom stereocenters. The molecular formula is C14H16FN3O. The molecule has 0 radical (unpaired) electrons. The molecule has 0 saturated heterocycles. The summed E-state index contributed by atoms with van der Waals surface area (Å²) in [6.45, 7) is 0. The highest BCUT2D eigenvalue weighted by molar-refractivity contribution is 5.37. The first-order valence-corrected chi connectivity index (χ1v) is 5.93. The lowest BCUT2D eigenvalue weighted by Crippen LogP contribution is -2.30. The fraction of sp³-hybridized carbons (Fsp3) is 0.214. The largest absolute Gasteiger partial charge is 0.496 e. The summed E-state index contributed by atoms with van der Waals surface area (Å²) in [6, 6.07) is 7.95. The highest BCUT2D eigenvalue weighted by atomic mass is 19.1. The molecule has 100 valence electrons. The van der Waals surface area contributed by atoms with Gasteiger partial charge in [0.05, 0.1) is 13.2 Å². The minimum atomic E-state index is -0.317. The smallest absolute Gasteiger partial charge is 0.123 e. The van der Waals surface area contributed by atoms with Crippen molar-refractivity contribution in [2.24, 2.45) is 5.84 Å². The van der Waals surface area contributed by atoms with Gasteiger partial charge in [0, 0.05) is 18.0 Å². The maximum atomic E-state index is 13.4. The summed E-state index contributed by atoms with van der Waals surface area (Å²) in [7, 11) is 1.55. The predicted molar refractivity (Wildman–Crippen MR) is 71.0 cm³/mol. The number of hydrogen-bond donors (Lipinski definition) is 2. The molecule has 0 aliphatic heterocycles. The van der Waals surface area contributed by atoms with E-state index in [4.69, 9.17) is 10.6 Å². The number of hydrogen-bond acceptors (Lipinski definition) is 4. The SMILES string of the molecule is COc1ccc(F)cc1C(Cc1cccnc1)NN. The van der Waals surface area contributed by atoms with E-state index in [0.717, 1.165) is 5.56 Å². The molecule has 0 bridgehead atoms. The Morgan fingerprint density at radius 1 is 1.42 bits per heavy atom. The molecule has 1 aromatic carbocycles. The van der Waals surface area contributed by atoms with E-state index in [2.05, 4.69) is 10.4 Å². The predicted octanol–water partition coefficient (Wildman–Crippen LogP) is 1.98. The Balaban J connectivity index is 2.29. The van der Waals surface area contributed by atoms with Crippen LogP contribution in [0, 0.1) is 5.82 Å². The van der Waals surface area contributed by atoms with Crippen molar-refractivity contribution >= 4 is 0 Å². The van der Waals surface area contributed by atoms with Crippen molar-refractivity contribution in [1.29, 1.82) is 0 Å². The lowest BCUT2D eigenvalue weighted by Gasteiger charge is -2.19. The Kier molecular flexibility index (Phi) is 4.43. The van der Waals surface area contributed by atoms with E-state index in [1.807, 2.05) is 12.1 Å². The second-order valence-electron chi connectivity index (χ2n) is 4.17. The van der Waals surface area contributed by atoms with E-state index >= 15 is 0 Å². The van der Waals surface area contributed by atoms with Gasteiger partial charge in [0.2, 0.25) is 0 Å². The molecule has 19 heavy (non-hydrogen) atoms. The van der Waals surface area contributed by atoms with Gasteiger partial charge in [-0.2, -0.15) is 0 Å². The van der Waals surface area contributed by atoms with Gasteiger partial charge >= 0.3 is 0 Å². The quantitative estimate of drug-likeness (QED) is 0.638. The Bertz CT molecular complexity index is 533. The first-order chi connectivity index (χ1) is 9.24. The third kappa shape index (κ3) is 3.27. The Morgan fingerprint density at radius 3 is 2.89 bits per heavy atom. The number of aromatic nitrogens is 1. The lowest BCUT2D eigenvalue weighted by atomic mass is 9.99. The molecule has 2 rings (SSSR count). The molecule has 0 aliphatic rings. The molecule has 0 aliphatic carbocycles. The van der Waals surface area contributed by atoms with E-state index in [-0.39, 0.29) is 11.9 Å². The van der Waals surface area contributed by atoms with Crippen LogP contribution in [0.15, 0.2) is 42.7 Å². The van der Waals surface area contributed by atoms with Gasteiger partial charge < -0.3 is 4.74 Å². The summed E-state index contributed by atoms with van der Waals surface area (Å²) < 4.78 is 18.6. The van der Waals surface area contributed by atoms with Crippen LogP contribution >= 0.6 is 0 Å². The van der Waals surface area contributed by atoms with Crippen molar-refractivity contribution in [2.45, 2.75) is 12.5 Å². The number of nitrogens with zero attached hydrogens (tertiary/aromatic N) is 1. The lowest BCUT2D eigenvalue weighted by molar-refractivity contribution is 0.397. The van der Waals surface area contributed by atoms with Crippen molar-refractivity contribution in [1.82, 2.24) is 10.4 Å². The number of methoxy groups -OCH3 is 1. The van der Waals surface area contributed by atoms with E-state index in [1.165, 1.54) is 12.1 Å². The number of hydrazine groups is 1. The summed E-state index contributed by atoms with van der Waals surface area (Å²) in [5.41, 5.74) is 4.39. The number of rotatable bonds is 5. The number of halogens is 1. The van der Waals surface area contributed by atoms with Crippen molar-refractivity contribution in [3.8, 4) is 5.75 Å². The van der Waals surface area contributed by atoms with Crippen molar-refractivity contribution in [3.05, 3.63) is 59.7 Å². The maximum Gasteiger partial charge on any atom is 0.123 e. The molecule has 1 atom stereocenters. The molecule has 0 fully saturated rings. The average Bonchev–Trinajstić information content (AvgIpc) is 2.46. The van der Waals surface area contributed by atoms with Crippen LogP contribution in [0.2, 0.25) is 0 Å². The molecule has 2 aromatic rings. The second-order valence-corrected chi connectivity index (χ2v) is 4.17. The summed E-state index contributed by atoms with van der Waals surface area (Å²) in [4.78, 5) is 4.05. The minimum Gasteiger partial charge on any atom is -0.496 e. The first kappa shape index (κ1) is 13.5. The Hall–Kier alpha value is -1.98. The molecule has 0 spiro atoms. The molecule has 1 aromatic heterocycles. The van der Waals surface area contributed by atoms with Gasteiger partial charge in [0.1, 0.15) is 11.6 Å². The molecule has 1 heterocycles. The topological polar surface area (TPSA) is 60.2 Å². The van der Waals surface area contributed by atoms with Crippen LogP contribution in [0.5, 0.6) is 5.75 Å². The van der Waals surface area contributed by atoms with Crippen LogP contribution < -0.4 is 16.0 Å². The standard InChI is InChI=1S/C14H16FN3O/c1-19-14-5-4-11(15)8-12(14)13(18-16)7-10-3-2-6-17-9-10/h2-6,8-9,13,18H,7,16H2,1H3. The fourth-order valence-electron chi connectivity index (χ4n) is 1.99. The third-order valence-electron chi connectivity index (χ3n) is 2.93. The van der Waals surface area contributed by atoms with Crippen LogP contribution in [0.25, 0.3) is 0 Å². The van der Waals surface area contributed by atoms with Gasteiger partial charge in [0.25, 0.3) is 0 Å². The van der Waals surface area contributed by atoms with E-state index in [9.17, 15) is 4.39 Å². The second kappa shape index (κ2) is 6.26. The van der Waals surface area contributed by atoms with Crippen LogP contribution in [0.3, 0.4) is 0 Å². The van der Waals surface area contributed by atoms with Crippen molar-refractivity contribution < 1.29 is 9.13 Å². The van der Waals surface area contributed by atoms with Crippen molar-refractivity contribution in [3.63, 3.8) is 0 Å². The van der Waals surface area contributed by atoms with Crippen LogP contribution in [0.1, 0.15) is 17.2 Å². The maximum absolute atomic E-state index is 13.4. The summed E-state index contributed by atoms with van der Waals surface area (Å²) >= 11 is 0. The van der Waals surface area contributed by atoms with Gasteiger partial charge in [-0.15, -0.1) is 0 Å². The van der Waals surface area contributed by atoms with Crippen LogP contribution in [-0.4, -0.2) is 12.1 Å². The summed E-state index contributed by atoms with van der Waals surface area (Å²) in [5, 5.41) is 0. The Labute approximate surface area is 111 Å². The highest BCUT2D eigenvalue weighted by Gasteiger charge is 2.16. The number of pyridine rings is 1. The van der Waals surface area contributed by atoms with Gasteiger partial charge in [0.15, 0.2) is 0 Å². The zero-order chi connectivity index (χ0) is 13.7. The average molecular weight is 261 g/mol. The number of nitrogens with one attached hydrogen (secondary N) is 1. The van der Waals surface area contributed by atoms with Gasteiger partial charge in [-0.25, -0.2) is 4.39 Å². The van der Waals surface area contributed by atoms with Gasteiger partial charge in [-0.3, -0.25) is 16.3 Å². The fourth-order valence-corrected chi connectivity index (χ4v) is 1.99. The molecular weight excluding hydrogens is 245 g/mol. The first-order valence-electron chi connectivity index (χ1n) is 5.93. The van der Waals surface area contributed by atoms with E-state index in [0.29, 0.717) is 17.7 Å². The summed E-state index contributed by atoms with van der Waals surface area (Å²) in [6.07, 6.45) is 4.07. The normalized spacial score (nSPS) is 12.2. The molecule has 5 heteroatoms. The highest BCUT2D eigenvalue weighted by Crippen LogP contribution is 2.27. The molecule has 0 saturated carbocycles. The summed E-state index contributed by atoms with van der Waals surface area (Å²) in [5.74, 6) is 5.87. The third-order valence-corrected chi connectivity index (χ3v) is 2.93. The zero-order valence-electron chi connectivity index (χ0n) is 10.6. The number of benzene rings is 1. The van der Waals surface area contributed by atoms with Gasteiger partial charge in [-0.05, 0) is 36.2 Å². The van der Waals surface area contributed by atoms with E-state index < -0.39 is 0 Å². The van der Waals surface area contributed by atoms with Crippen molar-refractivity contribution in [2.75, 3.05) is 7.11 Å². The molecule has 3 N–H and O–H groups in total. The molecule has 4 nitrogen and oxygen atoms in total. The van der Waals surface area contributed by atoms with Gasteiger partial charge in [-0.1, -0.05) is 6.07 Å². The van der Waals surface area contributed by atoms with Crippen LogP contribution in [-0.2, 0) is 6.42 Å². The monoisotopic (exact) mass is 261 g/mol. The molecule has 0 amide bonds. The number of ether oxygens (including phenoxy) is 1. The van der Waals surface area contributed by atoms with E-state index in [1.54, 1.807) is 25.6 Å². The Morgan fingerprint density at radius 2 is 2.26 bits per heavy atom. The number of nitrogens with two attached hydrogens (primary N) is 1. The zero-order valence-corrected chi connectivity index (χ0v) is 10.6. The minimum absolute atomic E-state index is 0.241. The van der Waals surface area contributed by atoms with Crippen LogP contribution in [0.4, 0.5) is 4.39 Å².